The highest BCUT2D eigenvalue weighted by Crippen LogP contribution is 2.18. The van der Waals surface area contributed by atoms with Gasteiger partial charge < -0.3 is 10.2 Å². The second kappa shape index (κ2) is 9.47. The van der Waals surface area contributed by atoms with Gasteiger partial charge in [-0.1, -0.05) is 6.92 Å². The Morgan fingerprint density at radius 3 is 2.44 bits per heavy atom. The van der Waals surface area contributed by atoms with E-state index in [0.29, 0.717) is 32.6 Å². The number of carbonyl (C=O) groups is 1. The third kappa shape index (κ3) is 5.37. The zero-order chi connectivity index (χ0) is 17.7. The molecule has 1 unspecified atom stereocenters. The first-order valence-electron chi connectivity index (χ1n) is 8.05. The fourth-order valence-electron chi connectivity index (χ4n) is 2.82. The van der Waals surface area contributed by atoms with Crippen molar-refractivity contribution in [1.82, 2.24) is 14.5 Å². The van der Waals surface area contributed by atoms with Crippen molar-refractivity contribution >= 4 is 28.3 Å². The van der Waals surface area contributed by atoms with Crippen LogP contribution in [0.5, 0.6) is 0 Å². The molecular weight excluding hydrogens is 369 g/mol. The molecule has 1 amide bonds. The van der Waals surface area contributed by atoms with Gasteiger partial charge in [-0.3, -0.25) is 4.79 Å². The minimum Gasteiger partial charge on any atom is -0.341 e. The summed E-state index contributed by atoms with van der Waals surface area (Å²) in [4.78, 5) is 14.2. The predicted molar refractivity (Wildman–Crippen MR) is 96.7 cm³/mol. The predicted octanol–water partition coefficient (Wildman–Crippen LogP) is 1.33. The molecule has 1 atom stereocenters. The largest absolute Gasteiger partial charge is 0.341 e. The number of nitrogens with one attached hydrogen (secondary N) is 1. The fraction of sp³-hybridized carbons (Fsp3) is 0.562. The van der Waals surface area contributed by atoms with Crippen molar-refractivity contribution in [3.63, 3.8) is 0 Å². The zero-order valence-electron chi connectivity index (χ0n) is 14.4. The molecule has 2 rings (SSSR count). The molecule has 6 nitrogen and oxygen atoms in total. The molecule has 1 aliphatic rings. The SMILES string of the molecule is CNCC(C)C(=O)N1CCCN(S(=O)(=O)c2ccc(F)cc2)CC1.Cl. The molecule has 0 spiro atoms. The first-order valence-corrected chi connectivity index (χ1v) is 9.49. The molecule has 1 heterocycles. The van der Waals surface area contributed by atoms with Crippen LogP contribution in [0.1, 0.15) is 13.3 Å². The Balaban J connectivity index is 0.00000312. The van der Waals surface area contributed by atoms with Crippen molar-refractivity contribution in [2.24, 2.45) is 5.92 Å². The van der Waals surface area contributed by atoms with E-state index in [1.807, 2.05) is 6.92 Å². The Kier molecular flexibility index (Phi) is 8.27. The van der Waals surface area contributed by atoms with Crippen molar-refractivity contribution in [3.05, 3.63) is 30.1 Å². The van der Waals surface area contributed by atoms with E-state index in [0.717, 1.165) is 12.1 Å². The van der Waals surface area contributed by atoms with Gasteiger partial charge in [-0.05, 0) is 37.7 Å². The molecule has 0 bridgehead atoms. The highest BCUT2D eigenvalue weighted by molar-refractivity contribution is 7.89. The maximum atomic E-state index is 13.0. The van der Waals surface area contributed by atoms with Gasteiger partial charge in [0.15, 0.2) is 0 Å². The lowest BCUT2D eigenvalue weighted by atomic mass is 10.1. The first kappa shape index (κ1) is 21.8. The van der Waals surface area contributed by atoms with Crippen LogP contribution in [0.3, 0.4) is 0 Å². The van der Waals surface area contributed by atoms with E-state index in [1.54, 1.807) is 11.9 Å². The molecule has 9 heteroatoms. The minimum atomic E-state index is -3.67. The number of amides is 1. The number of hydrogen-bond acceptors (Lipinski definition) is 4. The summed E-state index contributed by atoms with van der Waals surface area (Å²) in [7, 11) is -1.87. The number of rotatable bonds is 5. The van der Waals surface area contributed by atoms with Gasteiger partial charge in [-0.2, -0.15) is 4.31 Å². The quantitative estimate of drug-likeness (QED) is 0.819. The number of nitrogens with zero attached hydrogens (tertiary/aromatic N) is 2. The molecule has 1 aromatic carbocycles. The van der Waals surface area contributed by atoms with Crippen LogP contribution in [0.25, 0.3) is 0 Å². The highest BCUT2D eigenvalue weighted by atomic mass is 35.5. The molecule has 1 N–H and O–H groups in total. The average molecular weight is 394 g/mol. The van der Waals surface area contributed by atoms with Gasteiger partial charge in [0, 0.05) is 38.6 Å². The molecule has 1 fully saturated rings. The molecule has 1 saturated heterocycles. The van der Waals surface area contributed by atoms with Crippen LogP contribution in [-0.4, -0.2) is 63.3 Å². The maximum absolute atomic E-state index is 13.0. The van der Waals surface area contributed by atoms with Gasteiger partial charge in [0.05, 0.1) is 4.90 Å². The van der Waals surface area contributed by atoms with Gasteiger partial charge >= 0.3 is 0 Å². The normalized spacial score (nSPS) is 17.5. The summed E-state index contributed by atoms with van der Waals surface area (Å²) in [6.45, 7) is 3.96. The Morgan fingerprint density at radius 2 is 1.84 bits per heavy atom. The lowest BCUT2D eigenvalue weighted by molar-refractivity contribution is -0.134. The topological polar surface area (TPSA) is 69.7 Å². The minimum absolute atomic E-state index is 0. The van der Waals surface area contributed by atoms with E-state index in [4.69, 9.17) is 0 Å². The molecular formula is C16H25ClFN3O3S. The van der Waals surface area contributed by atoms with Crippen LogP contribution in [0.4, 0.5) is 4.39 Å². The van der Waals surface area contributed by atoms with Crippen molar-refractivity contribution in [1.29, 1.82) is 0 Å². The van der Waals surface area contributed by atoms with Gasteiger partial charge in [0.2, 0.25) is 15.9 Å². The lowest BCUT2D eigenvalue weighted by Gasteiger charge is -2.24. The van der Waals surface area contributed by atoms with Gasteiger partial charge in [0.25, 0.3) is 0 Å². The summed E-state index contributed by atoms with van der Waals surface area (Å²) in [6, 6.07) is 4.82. The number of sulfonamides is 1. The Morgan fingerprint density at radius 1 is 1.20 bits per heavy atom. The highest BCUT2D eigenvalue weighted by Gasteiger charge is 2.29. The Bertz CT molecular complexity index is 670. The van der Waals surface area contributed by atoms with Crippen LogP contribution in [0.2, 0.25) is 0 Å². The third-order valence-electron chi connectivity index (χ3n) is 4.15. The van der Waals surface area contributed by atoms with Crippen molar-refractivity contribution in [2.45, 2.75) is 18.2 Å². The summed E-state index contributed by atoms with van der Waals surface area (Å²) < 4.78 is 39.7. The molecule has 25 heavy (non-hydrogen) atoms. The third-order valence-corrected chi connectivity index (χ3v) is 6.06. The molecule has 0 saturated carbocycles. The van der Waals surface area contributed by atoms with Crippen LogP contribution in [0.15, 0.2) is 29.2 Å². The fourth-order valence-corrected chi connectivity index (χ4v) is 4.28. The lowest BCUT2D eigenvalue weighted by Crippen LogP contribution is -2.41. The van der Waals surface area contributed by atoms with Crippen LogP contribution < -0.4 is 5.32 Å². The summed E-state index contributed by atoms with van der Waals surface area (Å²) >= 11 is 0. The van der Waals surface area contributed by atoms with Gasteiger partial charge in [0.1, 0.15) is 5.82 Å². The molecule has 0 aliphatic carbocycles. The van der Waals surface area contributed by atoms with Crippen LogP contribution in [-0.2, 0) is 14.8 Å². The van der Waals surface area contributed by atoms with E-state index in [2.05, 4.69) is 5.32 Å². The monoisotopic (exact) mass is 393 g/mol. The molecule has 0 aromatic heterocycles. The second-order valence-electron chi connectivity index (χ2n) is 6.00. The number of hydrogen-bond donors (Lipinski definition) is 1. The summed E-state index contributed by atoms with van der Waals surface area (Å²) in [5.41, 5.74) is 0. The van der Waals surface area contributed by atoms with E-state index in [1.165, 1.54) is 16.4 Å². The summed E-state index contributed by atoms with van der Waals surface area (Å²) in [5, 5.41) is 2.98. The molecule has 142 valence electrons. The van der Waals surface area contributed by atoms with E-state index < -0.39 is 15.8 Å². The van der Waals surface area contributed by atoms with Crippen molar-refractivity contribution in [2.75, 3.05) is 39.8 Å². The van der Waals surface area contributed by atoms with Crippen LogP contribution >= 0.6 is 12.4 Å². The Labute approximate surface area is 154 Å². The van der Waals surface area contributed by atoms with E-state index in [9.17, 15) is 17.6 Å². The number of benzene rings is 1. The first-order chi connectivity index (χ1) is 11.4. The molecule has 0 radical (unpaired) electrons. The molecule has 1 aromatic rings. The summed E-state index contributed by atoms with van der Waals surface area (Å²) in [6.07, 6.45) is 0.582. The molecule has 1 aliphatic heterocycles. The van der Waals surface area contributed by atoms with E-state index in [-0.39, 0.29) is 35.7 Å². The number of halogens is 2. The maximum Gasteiger partial charge on any atom is 0.243 e. The zero-order valence-corrected chi connectivity index (χ0v) is 16.1. The van der Waals surface area contributed by atoms with E-state index >= 15 is 0 Å². The smallest absolute Gasteiger partial charge is 0.243 e. The standard InChI is InChI=1S/C16H24FN3O3S.ClH/c1-13(12-18-2)16(21)19-8-3-9-20(11-10-19)24(22,23)15-6-4-14(17)5-7-15;/h4-7,13,18H,3,8-12H2,1-2H3;1H. The Hall–Kier alpha value is -1.22. The van der Waals surface area contributed by atoms with Crippen molar-refractivity contribution in [3.8, 4) is 0 Å². The number of carbonyl (C=O) groups excluding carboxylic acids is 1. The average Bonchev–Trinajstić information content (AvgIpc) is 2.81. The van der Waals surface area contributed by atoms with Gasteiger partial charge in [-0.25, -0.2) is 12.8 Å². The second-order valence-corrected chi connectivity index (χ2v) is 7.93. The van der Waals surface area contributed by atoms with Gasteiger partial charge in [-0.15, -0.1) is 12.4 Å². The van der Waals surface area contributed by atoms with Crippen molar-refractivity contribution < 1.29 is 17.6 Å². The summed E-state index contributed by atoms with van der Waals surface area (Å²) in [5.74, 6) is -0.583. The van der Waals surface area contributed by atoms with Crippen LogP contribution in [0, 0.1) is 11.7 Å².